The van der Waals surface area contributed by atoms with Gasteiger partial charge in [-0.25, -0.2) is 0 Å². The molecule has 1 fully saturated rings. The fourth-order valence-corrected chi connectivity index (χ4v) is 4.06. The second kappa shape index (κ2) is 15.6. The monoisotopic (exact) mass is 392 g/mol. The molecule has 0 spiro atoms. The van der Waals surface area contributed by atoms with E-state index in [9.17, 15) is 4.79 Å². The molecule has 9 heteroatoms. The maximum absolute atomic E-state index is 11.8. The van der Waals surface area contributed by atoms with Gasteiger partial charge in [0, 0.05) is 42.6 Å². The van der Waals surface area contributed by atoms with E-state index in [0.29, 0.717) is 64.4 Å². The van der Waals surface area contributed by atoms with Crippen LogP contribution in [0.3, 0.4) is 0 Å². The summed E-state index contributed by atoms with van der Waals surface area (Å²) in [5, 5.41) is 3.31. The predicted molar refractivity (Wildman–Crippen MR) is 105 cm³/mol. The molecule has 0 aromatic carbocycles. The van der Waals surface area contributed by atoms with Crippen molar-refractivity contribution >= 4 is 17.7 Å². The lowest BCUT2D eigenvalue weighted by Gasteiger charge is -2.16. The maximum Gasteiger partial charge on any atom is 0.220 e. The summed E-state index contributed by atoms with van der Waals surface area (Å²) in [6.07, 6.45) is 3.47. The summed E-state index contributed by atoms with van der Waals surface area (Å²) in [4.78, 5) is 11.8. The Morgan fingerprint density at radius 2 is 1.65 bits per heavy atom. The zero-order chi connectivity index (χ0) is 19.0. The Balaban J connectivity index is 1.81. The SMILES string of the molecule is NCCOCCOCCOCCNC(=O)CCCCC1SCC(N)C1N. The number of rotatable bonds is 16. The Labute approximate surface area is 161 Å². The number of nitrogens with one attached hydrogen (secondary N) is 1. The van der Waals surface area contributed by atoms with Crippen LogP contribution in [0.25, 0.3) is 0 Å². The van der Waals surface area contributed by atoms with Gasteiger partial charge in [-0.15, -0.1) is 0 Å². The molecule has 8 nitrogen and oxygen atoms in total. The summed E-state index contributed by atoms with van der Waals surface area (Å²) in [6.45, 7) is 4.21. The van der Waals surface area contributed by atoms with E-state index in [1.807, 2.05) is 11.8 Å². The third-order valence-electron chi connectivity index (χ3n) is 4.14. The lowest BCUT2D eigenvalue weighted by Crippen LogP contribution is -2.43. The topological polar surface area (TPSA) is 135 Å². The van der Waals surface area contributed by atoms with E-state index < -0.39 is 0 Å². The number of nitrogens with two attached hydrogens (primary N) is 3. The van der Waals surface area contributed by atoms with Gasteiger partial charge >= 0.3 is 0 Å². The quantitative estimate of drug-likeness (QED) is 0.257. The second-order valence-corrected chi connectivity index (χ2v) is 7.61. The van der Waals surface area contributed by atoms with Gasteiger partial charge in [0.2, 0.25) is 5.91 Å². The fraction of sp³-hybridized carbons (Fsp3) is 0.941. The molecule has 3 unspecified atom stereocenters. The van der Waals surface area contributed by atoms with Crippen LogP contribution in [0.1, 0.15) is 25.7 Å². The smallest absolute Gasteiger partial charge is 0.220 e. The number of hydrogen-bond acceptors (Lipinski definition) is 8. The Kier molecular flexibility index (Phi) is 14.2. The fourth-order valence-electron chi connectivity index (χ4n) is 2.62. The zero-order valence-corrected chi connectivity index (χ0v) is 16.5. The first-order valence-electron chi connectivity index (χ1n) is 9.48. The van der Waals surface area contributed by atoms with E-state index in [2.05, 4.69) is 5.32 Å². The van der Waals surface area contributed by atoms with E-state index in [1.54, 1.807) is 0 Å². The molecule has 26 heavy (non-hydrogen) atoms. The van der Waals surface area contributed by atoms with Crippen molar-refractivity contribution in [2.24, 2.45) is 17.2 Å². The minimum atomic E-state index is 0.0713. The lowest BCUT2D eigenvalue weighted by molar-refractivity contribution is -0.121. The van der Waals surface area contributed by atoms with E-state index >= 15 is 0 Å². The summed E-state index contributed by atoms with van der Waals surface area (Å²) in [5.74, 6) is 1.02. The maximum atomic E-state index is 11.8. The Morgan fingerprint density at radius 3 is 2.27 bits per heavy atom. The molecule has 1 aliphatic heterocycles. The molecular formula is C17H36N4O4S. The molecule has 1 heterocycles. The van der Waals surface area contributed by atoms with Gasteiger partial charge in [0.25, 0.3) is 0 Å². The van der Waals surface area contributed by atoms with Crippen molar-refractivity contribution in [1.82, 2.24) is 5.32 Å². The molecular weight excluding hydrogens is 356 g/mol. The van der Waals surface area contributed by atoms with Crippen LogP contribution in [0.5, 0.6) is 0 Å². The van der Waals surface area contributed by atoms with Crippen LogP contribution < -0.4 is 22.5 Å². The Morgan fingerprint density at radius 1 is 1.00 bits per heavy atom. The van der Waals surface area contributed by atoms with Crippen LogP contribution >= 0.6 is 11.8 Å². The second-order valence-electron chi connectivity index (χ2n) is 6.33. The number of ether oxygens (including phenoxy) is 3. The lowest BCUT2D eigenvalue weighted by atomic mass is 10.0. The first kappa shape index (κ1) is 23.6. The minimum Gasteiger partial charge on any atom is -0.378 e. The third kappa shape index (κ3) is 11.3. The number of hydrogen-bond donors (Lipinski definition) is 4. The van der Waals surface area contributed by atoms with Crippen molar-refractivity contribution < 1.29 is 19.0 Å². The van der Waals surface area contributed by atoms with Crippen LogP contribution in [0.15, 0.2) is 0 Å². The van der Waals surface area contributed by atoms with Crippen molar-refractivity contribution in [2.75, 3.05) is 58.5 Å². The highest BCUT2D eigenvalue weighted by atomic mass is 32.2. The van der Waals surface area contributed by atoms with Gasteiger partial charge in [0.15, 0.2) is 0 Å². The molecule has 1 saturated heterocycles. The molecule has 0 aromatic rings. The van der Waals surface area contributed by atoms with Crippen molar-refractivity contribution in [2.45, 2.75) is 43.0 Å². The van der Waals surface area contributed by atoms with Crippen LogP contribution in [0.2, 0.25) is 0 Å². The summed E-state index contributed by atoms with van der Waals surface area (Å²) in [5.41, 5.74) is 17.3. The normalized spacial score (nSPS) is 22.7. The van der Waals surface area contributed by atoms with E-state index in [-0.39, 0.29) is 18.0 Å². The van der Waals surface area contributed by atoms with Gasteiger partial charge in [-0.2, -0.15) is 11.8 Å². The van der Waals surface area contributed by atoms with Crippen LogP contribution in [0.4, 0.5) is 0 Å². The predicted octanol–water partition coefficient (Wildman–Crippen LogP) is -0.558. The van der Waals surface area contributed by atoms with Gasteiger partial charge in [-0.3, -0.25) is 4.79 Å². The Hall–Kier alpha value is -0.420. The summed E-state index contributed by atoms with van der Waals surface area (Å²) >= 11 is 1.86. The number of carbonyl (C=O) groups excluding carboxylic acids is 1. The largest absolute Gasteiger partial charge is 0.378 e. The summed E-state index contributed by atoms with van der Waals surface area (Å²) in [7, 11) is 0. The Bertz CT molecular complexity index is 366. The van der Waals surface area contributed by atoms with Crippen molar-refractivity contribution in [3.05, 3.63) is 0 Å². The average molecular weight is 393 g/mol. The molecule has 0 radical (unpaired) electrons. The molecule has 3 atom stereocenters. The number of unbranched alkanes of at least 4 members (excludes halogenated alkanes) is 1. The standard InChI is InChI=1S/C17H36N4O4S/c18-5-7-23-9-11-25-12-10-24-8-6-21-16(22)4-2-1-3-15-17(20)14(19)13-26-15/h14-15,17H,1-13,18-20H2,(H,21,22). The van der Waals surface area contributed by atoms with E-state index in [0.717, 1.165) is 25.0 Å². The highest BCUT2D eigenvalue weighted by Crippen LogP contribution is 2.28. The highest BCUT2D eigenvalue weighted by Gasteiger charge is 2.30. The molecule has 0 saturated carbocycles. The molecule has 1 amide bonds. The summed E-state index contributed by atoms with van der Waals surface area (Å²) < 4.78 is 15.9. The number of amides is 1. The van der Waals surface area contributed by atoms with Gasteiger partial charge in [-0.1, -0.05) is 6.42 Å². The number of thioether (sulfide) groups is 1. The molecule has 0 aromatic heterocycles. The molecule has 0 aliphatic carbocycles. The van der Waals surface area contributed by atoms with Gasteiger partial charge in [0.05, 0.1) is 39.6 Å². The van der Waals surface area contributed by atoms with Crippen LogP contribution in [-0.2, 0) is 19.0 Å². The van der Waals surface area contributed by atoms with Gasteiger partial charge in [-0.05, 0) is 12.8 Å². The summed E-state index contributed by atoms with van der Waals surface area (Å²) in [6, 6.07) is 0.205. The first-order valence-corrected chi connectivity index (χ1v) is 10.5. The minimum absolute atomic E-state index is 0.0713. The molecule has 0 bridgehead atoms. The van der Waals surface area contributed by atoms with Gasteiger partial charge in [0.1, 0.15) is 0 Å². The van der Waals surface area contributed by atoms with Crippen molar-refractivity contribution in [3.63, 3.8) is 0 Å². The molecule has 7 N–H and O–H groups in total. The van der Waals surface area contributed by atoms with Crippen LogP contribution in [-0.4, -0.2) is 81.7 Å². The molecule has 154 valence electrons. The third-order valence-corrected chi connectivity index (χ3v) is 5.70. The van der Waals surface area contributed by atoms with Gasteiger partial charge < -0.3 is 36.7 Å². The molecule has 1 rings (SSSR count). The van der Waals surface area contributed by atoms with E-state index in [1.165, 1.54) is 0 Å². The number of carbonyl (C=O) groups is 1. The van der Waals surface area contributed by atoms with E-state index in [4.69, 9.17) is 31.4 Å². The first-order chi connectivity index (χ1) is 12.6. The van der Waals surface area contributed by atoms with Crippen molar-refractivity contribution in [3.8, 4) is 0 Å². The molecule has 1 aliphatic rings. The zero-order valence-electron chi connectivity index (χ0n) is 15.7. The van der Waals surface area contributed by atoms with Crippen molar-refractivity contribution in [1.29, 1.82) is 0 Å². The van der Waals surface area contributed by atoms with Crippen LogP contribution in [0, 0.1) is 0 Å². The average Bonchev–Trinajstić information content (AvgIpc) is 2.95. The highest BCUT2D eigenvalue weighted by molar-refractivity contribution is 8.00.